The number of thioether (sulfide) groups is 4. The van der Waals surface area contributed by atoms with Gasteiger partial charge in [-0.25, -0.2) is 0 Å². The van der Waals surface area contributed by atoms with Gasteiger partial charge in [0, 0.05) is 81.9 Å². The molecule has 214 valence electrons. The Kier molecular flexibility index (Phi) is 12.4. The Balaban J connectivity index is 1.61. The maximum absolute atomic E-state index is 12.1. The van der Waals surface area contributed by atoms with Crippen LogP contribution in [-0.2, 0) is 0 Å². The van der Waals surface area contributed by atoms with E-state index in [4.69, 9.17) is 4.42 Å². The van der Waals surface area contributed by atoms with E-state index in [2.05, 4.69) is 43.9 Å². The van der Waals surface area contributed by atoms with Gasteiger partial charge in [0.2, 0.25) is 0 Å². The van der Waals surface area contributed by atoms with Crippen LogP contribution in [0.5, 0.6) is 5.75 Å². The molecule has 2 aliphatic rings. The fourth-order valence-corrected chi connectivity index (χ4v) is 8.29. The summed E-state index contributed by atoms with van der Waals surface area (Å²) in [6.07, 6.45) is 0. The van der Waals surface area contributed by atoms with Crippen molar-refractivity contribution in [2.75, 3.05) is 64.0 Å². The van der Waals surface area contributed by atoms with E-state index in [0.29, 0.717) is 11.3 Å². The van der Waals surface area contributed by atoms with Gasteiger partial charge < -0.3 is 14.4 Å². The van der Waals surface area contributed by atoms with E-state index in [1.807, 2.05) is 59.2 Å². The van der Waals surface area contributed by atoms with Gasteiger partial charge in [-0.2, -0.15) is 47.0 Å². The molecule has 0 fully saturated rings. The molecule has 0 unspecified atom stereocenters. The number of hydrogen-bond acceptors (Lipinski definition) is 8. The van der Waals surface area contributed by atoms with Gasteiger partial charge in [0.05, 0.1) is 0 Å². The minimum Gasteiger partial charge on any atom is -0.508 e. The molecule has 4 nitrogen and oxygen atoms in total. The van der Waals surface area contributed by atoms with Crippen LogP contribution in [0.2, 0.25) is 0 Å². The second-order valence-corrected chi connectivity index (χ2v) is 14.7. The van der Waals surface area contributed by atoms with Gasteiger partial charge in [0.1, 0.15) is 17.1 Å². The quantitative estimate of drug-likeness (QED) is 0.1000. The Hall–Kier alpha value is -1.87. The lowest BCUT2D eigenvalue weighted by Gasteiger charge is -2.26. The van der Waals surface area contributed by atoms with Gasteiger partial charge in [0.25, 0.3) is 0 Å². The summed E-state index contributed by atoms with van der Waals surface area (Å²) >= 11 is 8.12. The predicted molar refractivity (Wildman–Crippen MR) is 184 cm³/mol. The van der Waals surface area contributed by atoms with Gasteiger partial charge in [-0.15, -0.1) is 0 Å². The Morgan fingerprint density at radius 2 is 1.40 bits per heavy atom. The molecule has 0 radical (unpaired) electrons. The van der Waals surface area contributed by atoms with E-state index in [1.54, 1.807) is 18.2 Å². The van der Waals surface area contributed by atoms with Crippen LogP contribution >= 0.6 is 47.0 Å². The first-order chi connectivity index (χ1) is 19.5. The first-order valence-electron chi connectivity index (χ1n) is 13.9. The molecule has 1 aliphatic carbocycles. The summed E-state index contributed by atoms with van der Waals surface area (Å²) in [5, 5.41) is 11.0. The van der Waals surface area contributed by atoms with E-state index >= 15 is 0 Å². The summed E-state index contributed by atoms with van der Waals surface area (Å²) in [7, 11) is 0. The smallest absolute Gasteiger partial charge is 0.182 e. The number of aryl methyl sites for hydroxylation is 1. The van der Waals surface area contributed by atoms with Crippen LogP contribution in [0.4, 0.5) is 5.69 Å². The average Bonchev–Trinajstić information content (AvgIpc) is 2.94. The first-order valence-corrected chi connectivity index (χ1v) is 18.5. The first kappa shape index (κ1) is 31.1. The Bertz CT molecular complexity index is 1390. The van der Waals surface area contributed by atoms with Crippen LogP contribution in [0.1, 0.15) is 19.4 Å². The van der Waals surface area contributed by atoms with Crippen molar-refractivity contribution in [2.45, 2.75) is 20.8 Å². The third kappa shape index (κ3) is 8.34. The average molecular weight is 614 g/mol. The highest BCUT2D eigenvalue weighted by molar-refractivity contribution is 8.03. The normalized spacial score (nSPS) is 11.5. The lowest BCUT2D eigenvalue weighted by atomic mass is 9.91. The van der Waals surface area contributed by atoms with Crippen molar-refractivity contribution in [2.24, 2.45) is 0 Å². The topological polar surface area (TPSA) is 53.7 Å². The zero-order chi connectivity index (χ0) is 28.3. The molecule has 0 saturated carbocycles. The molecule has 1 aliphatic heterocycles. The molecule has 0 amide bonds. The monoisotopic (exact) mass is 613 g/mol. The molecule has 0 aromatic heterocycles. The predicted octanol–water partition coefficient (Wildman–Crippen LogP) is 8.36. The van der Waals surface area contributed by atoms with Crippen molar-refractivity contribution in [3.8, 4) is 28.2 Å². The summed E-state index contributed by atoms with van der Waals surface area (Å²) in [6, 6.07) is 16.9. The fourth-order valence-electron chi connectivity index (χ4n) is 4.72. The van der Waals surface area contributed by atoms with Gasteiger partial charge in [-0.1, -0.05) is 19.9 Å². The summed E-state index contributed by atoms with van der Waals surface area (Å²) in [6.45, 7) is 8.67. The Morgan fingerprint density at radius 1 is 0.750 bits per heavy atom. The van der Waals surface area contributed by atoms with Crippen molar-refractivity contribution in [3.63, 3.8) is 0 Å². The third-order valence-corrected chi connectivity index (χ3v) is 10.9. The lowest BCUT2D eigenvalue weighted by Crippen LogP contribution is -2.28. The van der Waals surface area contributed by atoms with E-state index < -0.39 is 0 Å². The molecule has 0 saturated heterocycles. The highest BCUT2D eigenvalue weighted by Crippen LogP contribution is 2.42. The number of fused-ring (bicyclic) bond motifs is 2. The van der Waals surface area contributed by atoms with Crippen molar-refractivity contribution < 1.29 is 9.52 Å². The van der Waals surface area contributed by atoms with E-state index in [-0.39, 0.29) is 11.2 Å². The molecule has 0 spiro atoms. The number of phenolic OH excluding ortho intramolecular Hbond substituents is 1. The Labute approximate surface area is 255 Å². The molecular formula is C32H39NO3S4. The molecule has 4 rings (SSSR count). The molecular weight excluding hydrogens is 575 g/mol. The number of anilines is 1. The third-order valence-electron chi connectivity index (χ3n) is 6.68. The molecule has 2 aromatic carbocycles. The van der Waals surface area contributed by atoms with Crippen molar-refractivity contribution in [3.05, 3.63) is 70.4 Å². The number of rotatable bonds is 16. The molecule has 1 N–H and O–H groups in total. The number of nitrogens with zero attached hydrogens (tertiary/aromatic N) is 1. The maximum atomic E-state index is 12.1. The van der Waals surface area contributed by atoms with Gasteiger partial charge in [0.15, 0.2) is 5.43 Å². The minimum absolute atomic E-state index is 0.0956. The van der Waals surface area contributed by atoms with Crippen LogP contribution in [0.3, 0.4) is 0 Å². The summed E-state index contributed by atoms with van der Waals surface area (Å²) < 4.78 is 6.05. The van der Waals surface area contributed by atoms with Crippen LogP contribution in [0, 0.1) is 6.92 Å². The zero-order valence-corrected chi connectivity index (χ0v) is 26.9. The number of aromatic hydroxyl groups is 1. The number of hydrogen-bond donors (Lipinski definition) is 1. The summed E-state index contributed by atoms with van der Waals surface area (Å²) in [5.74, 6) is 10.1. The minimum atomic E-state index is -0.0956. The molecule has 1 heterocycles. The van der Waals surface area contributed by atoms with E-state index in [1.165, 1.54) is 51.8 Å². The van der Waals surface area contributed by atoms with Crippen LogP contribution in [-0.4, -0.2) is 64.2 Å². The van der Waals surface area contributed by atoms with Crippen LogP contribution in [0.15, 0.2) is 63.8 Å². The summed E-state index contributed by atoms with van der Waals surface area (Å²) in [4.78, 5) is 14.7. The second-order valence-electron chi connectivity index (χ2n) is 9.42. The molecule has 2 aromatic rings. The standard InChI is InChI=1S/C32H39NO3S4/c1-4-37-16-18-39-14-12-33(13-15-40-19-17-38-5-2)24-6-9-27(23(3)20-24)32-28-10-7-25(34)21-30(28)36-31-22-26(35)8-11-29(31)32/h6-11,20-22,34H,4-5,12-19H2,1-3H3. The fraction of sp³-hybridized carbons (Fsp3) is 0.406. The van der Waals surface area contributed by atoms with E-state index in [0.717, 1.165) is 46.7 Å². The molecule has 8 heteroatoms. The number of benzene rings is 3. The maximum Gasteiger partial charge on any atom is 0.182 e. The van der Waals surface area contributed by atoms with Crippen LogP contribution in [0.25, 0.3) is 33.4 Å². The highest BCUT2D eigenvalue weighted by atomic mass is 32.2. The largest absolute Gasteiger partial charge is 0.508 e. The number of phenols is 1. The van der Waals surface area contributed by atoms with Crippen molar-refractivity contribution in [1.82, 2.24) is 0 Å². The van der Waals surface area contributed by atoms with E-state index in [9.17, 15) is 9.90 Å². The molecule has 0 atom stereocenters. The van der Waals surface area contributed by atoms with Gasteiger partial charge >= 0.3 is 0 Å². The Morgan fingerprint density at radius 3 is 2.05 bits per heavy atom. The molecule has 40 heavy (non-hydrogen) atoms. The summed E-state index contributed by atoms with van der Waals surface area (Å²) in [5.41, 5.74) is 5.93. The van der Waals surface area contributed by atoms with Crippen LogP contribution < -0.4 is 10.3 Å². The molecule has 0 bridgehead atoms. The van der Waals surface area contributed by atoms with Gasteiger partial charge in [-0.3, -0.25) is 4.79 Å². The zero-order valence-electron chi connectivity index (χ0n) is 23.6. The van der Waals surface area contributed by atoms with Crippen molar-refractivity contribution in [1.29, 1.82) is 0 Å². The van der Waals surface area contributed by atoms with Crippen molar-refractivity contribution >= 4 is 63.7 Å². The SMILES string of the molecule is CCSCCSCCN(CCSCCSCC)c1ccc(-c2c3ccc(=O)cc-3oc3cc(O)ccc23)c(C)c1. The lowest BCUT2D eigenvalue weighted by molar-refractivity contribution is 0.474. The van der Waals surface area contributed by atoms with Gasteiger partial charge in [-0.05, 0) is 66.0 Å². The highest BCUT2D eigenvalue weighted by Gasteiger charge is 2.19. The second kappa shape index (κ2) is 15.9.